The Balaban J connectivity index is 1.42. The average Bonchev–Trinajstić information content (AvgIpc) is 3.43. The minimum absolute atomic E-state index is 0.0276. The second-order valence-electron chi connectivity index (χ2n) is 8.48. The zero-order valence-corrected chi connectivity index (χ0v) is 21.8. The molecule has 3 N–H and O–H groups in total. The summed E-state index contributed by atoms with van der Waals surface area (Å²) >= 11 is 1.36. The molecular formula is C30H27N3O4S. The van der Waals surface area contributed by atoms with Crippen LogP contribution < -0.4 is 16.0 Å². The molecule has 192 valence electrons. The average molecular weight is 526 g/mol. The second kappa shape index (κ2) is 12.6. The Morgan fingerprint density at radius 1 is 0.842 bits per heavy atom. The predicted octanol–water partition coefficient (Wildman–Crippen LogP) is 6.04. The Labute approximate surface area is 225 Å². The molecule has 0 fully saturated rings. The van der Waals surface area contributed by atoms with E-state index in [-0.39, 0.29) is 17.4 Å². The molecule has 0 bridgehead atoms. The molecule has 0 aliphatic rings. The Hall–Kier alpha value is -4.56. The maximum atomic E-state index is 13.1. The number of thioether (sulfide) groups is 1. The van der Waals surface area contributed by atoms with E-state index >= 15 is 0 Å². The molecule has 0 unspecified atom stereocenters. The van der Waals surface area contributed by atoms with Crippen LogP contribution in [0.4, 0.5) is 11.4 Å². The molecule has 0 aliphatic heterocycles. The quantitative estimate of drug-likeness (QED) is 0.183. The number of anilines is 2. The highest BCUT2D eigenvalue weighted by Crippen LogP contribution is 2.24. The standard InChI is InChI=1S/C30H27N3O4S/c1-20-9-6-10-21(2)28(20)33-27(34)19-38-25-15-7-13-23(17-25)31-30(36)26(18-24-14-8-16-37-24)32-29(35)22-11-4-3-5-12-22/h3-18H,19H2,1-2H3,(H,31,36)(H,32,35)(H,33,34)/b26-18-. The van der Waals surface area contributed by atoms with E-state index in [0.717, 1.165) is 21.7 Å². The number of hydrogen-bond donors (Lipinski definition) is 3. The van der Waals surface area contributed by atoms with E-state index in [1.165, 1.54) is 24.1 Å². The molecule has 38 heavy (non-hydrogen) atoms. The number of hydrogen-bond acceptors (Lipinski definition) is 5. The molecule has 0 saturated heterocycles. The van der Waals surface area contributed by atoms with Crippen molar-refractivity contribution in [1.82, 2.24) is 5.32 Å². The number of aryl methyl sites for hydroxylation is 2. The van der Waals surface area contributed by atoms with Gasteiger partial charge in [-0.3, -0.25) is 14.4 Å². The molecule has 0 spiro atoms. The lowest BCUT2D eigenvalue weighted by molar-refractivity contribution is -0.114. The van der Waals surface area contributed by atoms with E-state index < -0.39 is 11.8 Å². The van der Waals surface area contributed by atoms with Gasteiger partial charge in [0.1, 0.15) is 11.5 Å². The third-order valence-corrected chi connectivity index (χ3v) is 6.56. The van der Waals surface area contributed by atoms with Gasteiger partial charge in [-0.05, 0) is 67.4 Å². The molecule has 7 nitrogen and oxygen atoms in total. The number of nitrogens with one attached hydrogen (secondary N) is 3. The second-order valence-corrected chi connectivity index (χ2v) is 9.53. The van der Waals surface area contributed by atoms with Crippen LogP contribution in [0.3, 0.4) is 0 Å². The van der Waals surface area contributed by atoms with Crippen LogP contribution in [-0.4, -0.2) is 23.5 Å². The number of amides is 3. The smallest absolute Gasteiger partial charge is 0.272 e. The van der Waals surface area contributed by atoms with E-state index in [4.69, 9.17) is 4.42 Å². The highest BCUT2D eigenvalue weighted by Gasteiger charge is 2.16. The first-order valence-corrected chi connectivity index (χ1v) is 12.9. The summed E-state index contributed by atoms with van der Waals surface area (Å²) in [4.78, 5) is 39.2. The van der Waals surface area contributed by atoms with E-state index in [0.29, 0.717) is 17.0 Å². The van der Waals surface area contributed by atoms with Crippen molar-refractivity contribution in [1.29, 1.82) is 0 Å². The molecule has 1 aromatic heterocycles. The molecule has 4 aromatic rings. The lowest BCUT2D eigenvalue weighted by Gasteiger charge is -2.12. The van der Waals surface area contributed by atoms with Crippen LogP contribution in [0.2, 0.25) is 0 Å². The first-order chi connectivity index (χ1) is 18.4. The van der Waals surface area contributed by atoms with Crippen molar-refractivity contribution < 1.29 is 18.8 Å². The van der Waals surface area contributed by atoms with Crippen molar-refractivity contribution in [2.75, 3.05) is 16.4 Å². The van der Waals surface area contributed by atoms with Crippen molar-refractivity contribution in [2.24, 2.45) is 0 Å². The van der Waals surface area contributed by atoms with Gasteiger partial charge in [0.15, 0.2) is 0 Å². The maximum Gasteiger partial charge on any atom is 0.272 e. The van der Waals surface area contributed by atoms with E-state index in [2.05, 4.69) is 16.0 Å². The lowest BCUT2D eigenvalue weighted by atomic mass is 10.1. The van der Waals surface area contributed by atoms with Gasteiger partial charge in [-0.15, -0.1) is 11.8 Å². The van der Waals surface area contributed by atoms with Gasteiger partial charge in [0.05, 0.1) is 12.0 Å². The third kappa shape index (κ3) is 7.24. The number of benzene rings is 3. The first kappa shape index (κ1) is 26.5. The van der Waals surface area contributed by atoms with Gasteiger partial charge < -0.3 is 20.4 Å². The summed E-state index contributed by atoms with van der Waals surface area (Å²) in [5.41, 5.74) is 3.81. The number of carbonyl (C=O) groups is 3. The highest BCUT2D eigenvalue weighted by atomic mass is 32.2. The number of furan rings is 1. The SMILES string of the molecule is Cc1cccc(C)c1NC(=O)CSc1cccc(NC(=O)/C(=C/c2ccco2)NC(=O)c2ccccc2)c1. The summed E-state index contributed by atoms with van der Waals surface area (Å²) in [6, 6.07) is 25.0. The van der Waals surface area contributed by atoms with Gasteiger partial charge in [0, 0.05) is 27.9 Å². The fraction of sp³-hybridized carbons (Fsp3) is 0.100. The first-order valence-electron chi connectivity index (χ1n) is 11.9. The zero-order chi connectivity index (χ0) is 26.9. The summed E-state index contributed by atoms with van der Waals surface area (Å²) in [5.74, 6) is -0.419. The Morgan fingerprint density at radius 3 is 2.29 bits per heavy atom. The molecular weight excluding hydrogens is 498 g/mol. The van der Waals surface area contributed by atoms with E-state index in [1.54, 1.807) is 54.6 Å². The molecule has 4 rings (SSSR count). The van der Waals surface area contributed by atoms with Gasteiger partial charge in [-0.25, -0.2) is 0 Å². The van der Waals surface area contributed by atoms with Crippen molar-refractivity contribution in [3.05, 3.63) is 119 Å². The summed E-state index contributed by atoms with van der Waals surface area (Å²) in [7, 11) is 0. The minimum Gasteiger partial charge on any atom is -0.465 e. The summed E-state index contributed by atoms with van der Waals surface area (Å²) < 4.78 is 5.33. The van der Waals surface area contributed by atoms with Gasteiger partial charge in [-0.2, -0.15) is 0 Å². The number of carbonyl (C=O) groups excluding carboxylic acids is 3. The van der Waals surface area contributed by atoms with Crippen LogP contribution in [-0.2, 0) is 9.59 Å². The predicted molar refractivity (Wildman–Crippen MR) is 151 cm³/mol. The summed E-state index contributed by atoms with van der Waals surface area (Å²) in [6.45, 7) is 3.91. The fourth-order valence-corrected chi connectivity index (χ4v) is 4.41. The Kier molecular flexibility index (Phi) is 8.79. The lowest BCUT2D eigenvalue weighted by Crippen LogP contribution is -2.30. The van der Waals surface area contributed by atoms with Crippen LogP contribution in [0.5, 0.6) is 0 Å². The minimum atomic E-state index is -0.513. The van der Waals surface area contributed by atoms with Crippen LogP contribution in [0.1, 0.15) is 27.2 Å². The largest absolute Gasteiger partial charge is 0.465 e. The Bertz CT molecular complexity index is 1440. The van der Waals surface area contributed by atoms with Gasteiger partial charge in [0.2, 0.25) is 5.91 Å². The maximum absolute atomic E-state index is 13.1. The van der Waals surface area contributed by atoms with E-state index in [9.17, 15) is 14.4 Å². The fourth-order valence-electron chi connectivity index (χ4n) is 3.66. The number of rotatable bonds is 9. The molecule has 0 radical (unpaired) electrons. The van der Waals surface area contributed by atoms with Crippen molar-refractivity contribution in [3.63, 3.8) is 0 Å². The van der Waals surface area contributed by atoms with Gasteiger partial charge in [0.25, 0.3) is 11.8 Å². The zero-order valence-electron chi connectivity index (χ0n) is 21.0. The molecule has 3 amide bonds. The topological polar surface area (TPSA) is 100 Å². The van der Waals surface area contributed by atoms with Crippen LogP contribution in [0.25, 0.3) is 6.08 Å². The van der Waals surface area contributed by atoms with Crippen molar-refractivity contribution in [3.8, 4) is 0 Å². The molecule has 1 heterocycles. The molecule has 0 saturated carbocycles. The van der Waals surface area contributed by atoms with Crippen LogP contribution >= 0.6 is 11.8 Å². The monoisotopic (exact) mass is 525 g/mol. The molecule has 3 aromatic carbocycles. The molecule has 0 aliphatic carbocycles. The van der Waals surface area contributed by atoms with Gasteiger partial charge in [-0.1, -0.05) is 42.5 Å². The van der Waals surface area contributed by atoms with Crippen LogP contribution in [0.15, 0.2) is 106 Å². The molecule has 8 heteroatoms. The summed E-state index contributed by atoms with van der Waals surface area (Å²) in [5, 5.41) is 8.46. The number of para-hydroxylation sites is 1. The van der Waals surface area contributed by atoms with Gasteiger partial charge >= 0.3 is 0 Å². The van der Waals surface area contributed by atoms with Crippen molar-refractivity contribution in [2.45, 2.75) is 18.7 Å². The Morgan fingerprint density at radius 2 is 1.58 bits per heavy atom. The summed E-state index contributed by atoms with van der Waals surface area (Å²) in [6.07, 6.45) is 2.95. The highest BCUT2D eigenvalue weighted by molar-refractivity contribution is 8.00. The van der Waals surface area contributed by atoms with Crippen molar-refractivity contribution >= 4 is 46.9 Å². The van der Waals surface area contributed by atoms with E-state index in [1.807, 2.05) is 44.2 Å². The third-order valence-electron chi connectivity index (χ3n) is 5.57. The molecule has 0 atom stereocenters. The normalized spacial score (nSPS) is 11.1. The van der Waals surface area contributed by atoms with Crippen LogP contribution in [0, 0.1) is 13.8 Å².